The number of carbonyl (C=O) groups excluding carboxylic acids is 1. The third-order valence-corrected chi connectivity index (χ3v) is 9.89. The zero-order valence-corrected chi connectivity index (χ0v) is 24.5. The van der Waals surface area contributed by atoms with Crippen LogP contribution in [0, 0.1) is 22.9 Å². The molecule has 2 aliphatic rings. The van der Waals surface area contributed by atoms with Crippen LogP contribution in [0.25, 0.3) is 0 Å². The number of carbonyl (C=O) groups is 1. The van der Waals surface area contributed by atoms with Gasteiger partial charge < -0.3 is 15.2 Å². The minimum atomic E-state index is -4.18. The number of nitrogens with one attached hydrogen (secondary N) is 1. The first-order valence-electron chi connectivity index (χ1n) is 13.7. The van der Waals surface area contributed by atoms with Crippen molar-refractivity contribution in [3.05, 3.63) is 124 Å². The molecule has 6 rings (SSSR count). The highest BCUT2D eigenvalue weighted by Gasteiger charge is 2.48. The number of phenols is 1. The number of hydrogen-bond donors (Lipinski definition) is 2. The van der Waals surface area contributed by atoms with E-state index >= 15 is 8.78 Å². The number of halogens is 3. The smallest absolute Gasteiger partial charge is 0.262 e. The highest BCUT2D eigenvalue weighted by molar-refractivity contribution is 7.95. The molecule has 44 heavy (non-hydrogen) atoms. The van der Waals surface area contributed by atoms with Gasteiger partial charge in [0, 0.05) is 17.3 Å². The van der Waals surface area contributed by atoms with Crippen molar-refractivity contribution in [2.75, 3.05) is 16.0 Å². The van der Waals surface area contributed by atoms with Crippen molar-refractivity contribution in [1.29, 1.82) is 0 Å². The SMILES string of the molecule is CC1(C)CC2=C(C(c3ccc(Oc4ccccc4F)cc3F)N(C(=O)c3ccccc3F)c3cccc(O)c3N2)S(=O)(=O)C1. The van der Waals surface area contributed by atoms with Crippen LogP contribution in [-0.2, 0) is 9.84 Å². The predicted octanol–water partition coefficient (Wildman–Crippen LogP) is 7.47. The molecule has 2 N–H and O–H groups in total. The molecule has 0 saturated heterocycles. The lowest BCUT2D eigenvalue weighted by molar-refractivity contribution is 0.0976. The molecule has 1 atom stereocenters. The van der Waals surface area contributed by atoms with Gasteiger partial charge in [0.2, 0.25) is 0 Å². The predicted molar refractivity (Wildman–Crippen MR) is 160 cm³/mol. The summed E-state index contributed by atoms with van der Waals surface area (Å²) < 4.78 is 79.2. The summed E-state index contributed by atoms with van der Waals surface area (Å²) in [5.74, 6) is -4.28. The highest BCUT2D eigenvalue weighted by Crippen LogP contribution is 2.52. The summed E-state index contributed by atoms with van der Waals surface area (Å²) in [4.78, 5) is 15.0. The van der Waals surface area contributed by atoms with Gasteiger partial charge in [0.05, 0.1) is 21.9 Å². The number of phenolic OH excluding ortho intramolecular Hbond substituents is 1. The van der Waals surface area contributed by atoms with Gasteiger partial charge in [-0.1, -0.05) is 44.2 Å². The Morgan fingerprint density at radius 3 is 2.34 bits per heavy atom. The maximum Gasteiger partial charge on any atom is 0.262 e. The molecule has 0 aromatic heterocycles. The molecular weight excluding hydrogens is 593 g/mol. The molecule has 0 radical (unpaired) electrons. The molecule has 7 nitrogen and oxygen atoms in total. The Morgan fingerprint density at radius 1 is 0.932 bits per heavy atom. The maximum absolute atomic E-state index is 16.2. The van der Waals surface area contributed by atoms with Gasteiger partial charge >= 0.3 is 0 Å². The number of rotatable bonds is 4. The highest BCUT2D eigenvalue weighted by atomic mass is 32.2. The van der Waals surface area contributed by atoms with E-state index in [1.807, 2.05) is 0 Å². The average Bonchev–Trinajstić information content (AvgIpc) is 3.09. The van der Waals surface area contributed by atoms with Crippen LogP contribution in [0.5, 0.6) is 17.2 Å². The number of allylic oxidation sites excluding steroid dienone is 1. The largest absolute Gasteiger partial charge is 0.506 e. The van der Waals surface area contributed by atoms with Crippen molar-refractivity contribution < 1.29 is 36.2 Å². The molecule has 0 bridgehead atoms. The third-order valence-electron chi connectivity index (χ3n) is 7.59. The van der Waals surface area contributed by atoms with Crippen molar-refractivity contribution in [2.24, 2.45) is 5.41 Å². The standard InChI is InChI=1S/C33H27F3N2O5S/c1-33(2)17-25-31(44(41,42)18-33)30(20-15-14-19(16-24(20)36)43-28-13-6-5-10-23(28)35)38(26-11-7-12-27(39)29(26)37-25)32(40)21-8-3-4-9-22(21)34/h3-16,30,37,39H,17-18H2,1-2H3. The lowest BCUT2D eigenvalue weighted by atomic mass is 9.88. The van der Waals surface area contributed by atoms with Gasteiger partial charge in [-0.15, -0.1) is 0 Å². The summed E-state index contributed by atoms with van der Waals surface area (Å²) >= 11 is 0. The fourth-order valence-corrected chi connectivity index (χ4v) is 8.18. The zero-order valence-electron chi connectivity index (χ0n) is 23.6. The lowest BCUT2D eigenvalue weighted by Crippen LogP contribution is -2.41. The average molecular weight is 621 g/mol. The van der Waals surface area contributed by atoms with E-state index < -0.39 is 44.7 Å². The Morgan fingerprint density at radius 2 is 1.64 bits per heavy atom. The minimum absolute atomic E-state index is 0.0109. The maximum atomic E-state index is 16.2. The monoisotopic (exact) mass is 620 g/mol. The van der Waals surface area contributed by atoms with Gasteiger partial charge in [-0.05, 0) is 60.4 Å². The Hall–Kier alpha value is -4.77. The van der Waals surface area contributed by atoms with Gasteiger partial charge in [-0.2, -0.15) is 0 Å². The van der Waals surface area contributed by atoms with Crippen molar-refractivity contribution in [3.8, 4) is 17.2 Å². The molecule has 4 aromatic carbocycles. The van der Waals surface area contributed by atoms with Gasteiger partial charge in [-0.3, -0.25) is 9.69 Å². The second kappa shape index (κ2) is 10.7. The van der Waals surface area contributed by atoms with Crippen LogP contribution in [0.1, 0.15) is 42.2 Å². The summed E-state index contributed by atoms with van der Waals surface area (Å²) in [5.41, 5.74) is -1.17. The van der Waals surface area contributed by atoms with E-state index in [0.717, 1.165) is 17.0 Å². The van der Waals surface area contributed by atoms with Crippen molar-refractivity contribution in [1.82, 2.24) is 0 Å². The first-order valence-corrected chi connectivity index (χ1v) is 15.4. The summed E-state index contributed by atoms with van der Waals surface area (Å²) in [5, 5.41) is 13.9. The summed E-state index contributed by atoms with van der Waals surface area (Å²) in [6, 6.07) is 16.9. The molecule has 0 aliphatic carbocycles. The first-order chi connectivity index (χ1) is 20.9. The number of hydrogen-bond acceptors (Lipinski definition) is 6. The molecule has 4 aromatic rings. The van der Waals surface area contributed by atoms with E-state index in [4.69, 9.17) is 4.74 Å². The fourth-order valence-electron chi connectivity index (χ4n) is 5.82. The Balaban J connectivity index is 1.61. The number of anilines is 2. The van der Waals surface area contributed by atoms with E-state index in [-0.39, 0.29) is 62.5 Å². The molecule has 2 aliphatic heterocycles. The molecule has 0 saturated carbocycles. The lowest BCUT2D eigenvalue weighted by Gasteiger charge is -2.37. The van der Waals surface area contributed by atoms with Crippen molar-refractivity contribution in [3.63, 3.8) is 0 Å². The van der Waals surface area contributed by atoms with Gasteiger partial charge in [-0.25, -0.2) is 21.6 Å². The summed E-state index contributed by atoms with van der Waals surface area (Å²) in [7, 11) is -4.18. The third kappa shape index (κ3) is 5.17. The van der Waals surface area contributed by atoms with Crippen LogP contribution in [0.15, 0.2) is 95.5 Å². The first kappa shape index (κ1) is 29.3. The topological polar surface area (TPSA) is 95.9 Å². The van der Waals surface area contributed by atoms with Crippen LogP contribution >= 0.6 is 0 Å². The molecular formula is C33H27F3N2O5S. The van der Waals surface area contributed by atoms with E-state index in [0.29, 0.717) is 0 Å². The molecule has 0 fully saturated rings. The van der Waals surface area contributed by atoms with Crippen LogP contribution < -0.4 is 15.0 Å². The Labute approximate surface area is 252 Å². The minimum Gasteiger partial charge on any atom is -0.506 e. The van der Waals surface area contributed by atoms with E-state index in [2.05, 4.69) is 5.32 Å². The van der Waals surface area contributed by atoms with Crippen LogP contribution in [0.3, 0.4) is 0 Å². The van der Waals surface area contributed by atoms with Crippen LogP contribution in [0.2, 0.25) is 0 Å². The van der Waals surface area contributed by atoms with Gasteiger partial charge in [0.25, 0.3) is 5.91 Å². The van der Waals surface area contributed by atoms with E-state index in [1.165, 1.54) is 66.7 Å². The second-order valence-electron chi connectivity index (χ2n) is 11.5. The quantitative estimate of drug-likeness (QED) is 0.230. The fraction of sp³-hybridized carbons (Fsp3) is 0.182. The molecule has 11 heteroatoms. The van der Waals surface area contributed by atoms with Crippen molar-refractivity contribution >= 4 is 27.1 Å². The number of ether oxygens (including phenoxy) is 1. The Kier molecular flexibility index (Phi) is 7.16. The zero-order chi connectivity index (χ0) is 31.4. The van der Waals surface area contributed by atoms with Crippen molar-refractivity contribution in [2.45, 2.75) is 26.3 Å². The van der Waals surface area contributed by atoms with Crippen LogP contribution in [-0.4, -0.2) is 25.2 Å². The molecule has 0 spiro atoms. The number of benzene rings is 4. The Bertz CT molecular complexity index is 1960. The number of sulfone groups is 1. The number of para-hydroxylation sites is 2. The molecule has 1 unspecified atom stereocenters. The van der Waals surface area contributed by atoms with E-state index in [9.17, 15) is 22.7 Å². The number of fused-ring (bicyclic) bond motifs is 1. The van der Waals surface area contributed by atoms with Gasteiger partial charge in [0.1, 0.15) is 34.9 Å². The van der Waals surface area contributed by atoms with E-state index in [1.54, 1.807) is 19.9 Å². The number of aromatic hydroxyl groups is 1. The molecule has 2 heterocycles. The normalized spacial score (nSPS) is 18.5. The second-order valence-corrected chi connectivity index (χ2v) is 13.5. The molecule has 226 valence electrons. The number of nitrogens with zero attached hydrogens (tertiary/aromatic N) is 1. The number of amides is 1. The molecule has 1 amide bonds. The summed E-state index contributed by atoms with van der Waals surface area (Å²) in [6.45, 7) is 3.53. The van der Waals surface area contributed by atoms with Gasteiger partial charge in [0.15, 0.2) is 21.4 Å². The van der Waals surface area contributed by atoms with Crippen LogP contribution in [0.4, 0.5) is 24.5 Å². The summed E-state index contributed by atoms with van der Waals surface area (Å²) in [6.07, 6.45) is 0.184.